The molecule has 7 nitrogen and oxygen atoms in total. The number of likely N-dealkylation sites (N-methyl/N-ethyl adjacent to an activating group) is 1. The summed E-state index contributed by atoms with van der Waals surface area (Å²) in [4.78, 5) is 25.2. The summed E-state index contributed by atoms with van der Waals surface area (Å²) in [6, 6.07) is 2.77. The molecule has 0 fully saturated rings. The van der Waals surface area contributed by atoms with E-state index < -0.39 is 6.09 Å². The van der Waals surface area contributed by atoms with Gasteiger partial charge in [0.15, 0.2) is 0 Å². The van der Waals surface area contributed by atoms with E-state index in [1.807, 2.05) is 0 Å². The number of halogens is 1. The largest absolute Gasteiger partial charge is 0.496 e. The number of benzene rings is 1. The molecule has 0 spiro atoms. The molecule has 0 saturated heterocycles. The van der Waals surface area contributed by atoms with Crippen LogP contribution in [0.4, 0.5) is 10.5 Å². The summed E-state index contributed by atoms with van der Waals surface area (Å²) in [7, 11) is 1.40. The minimum absolute atomic E-state index is 0.127. The van der Waals surface area contributed by atoms with Gasteiger partial charge in [0.05, 0.1) is 23.4 Å². The number of carboxylic acid groups (broad SMARTS) is 1. The highest BCUT2D eigenvalue weighted by molar-refractivity contribution is 6.34. The van der Waals surface area contributed by atoms with Gasteiger partial charge >= 0.3 is 6.09 Å². The van der Waals surface area contributed by atoms with Gasteiger partial charge in [-0.05, 0) is 19.2 Å². The molecule has 1 rings (SSSR count). The molecule has 0 atom stereocenters. The molecule has 23 heavy (non-hydrogen) atoms. The molecule has 0 heterocycles. The molecule has 1 aromatic carbocycles. The Bertz CT molecular complexity index is 562. The normalized spacial score (nSPS) is 10.5. The summed E-state index contributed by atoms with van der Waals surface area (Å²) in [5.41, 5.74) is 0.420. The zero-order chi connectivity index (χ0) is 17.4. The van der Waals surface area contributed by atoms with Crippen molar-refractivity contribution in [2.75, 3.05) is 38.6 Å². The van der Waals surface area contributed by atoms with Gasteiger partial charge in [-0.1, -0.05) is 25.4 Å². The first-order valence-corrected chi connectivity index (χ1v) is 7.68. The third-order valence-corrected chi connectivity index (χ3v) is 3.70. The Morgan fingerprint density at radius 3 is 2.48 bits per heavy atom. The Kier molecular flexibility index (Phi) is 7.64. The highest BCUT2D eigenvalue weighted by Gasteiger charge is 2.16. The number of hydrogen-bond acceptors (Lipinski definition) is 4. The van der Waals surface area contributed by atoms with Gasteiger partial charge in [-0.25, -0.2) is 4.79 Å². The molecule has 0 aliphatic rings. The molecule has 128 valence electrons. The van der Waals surface area contributed by atoms with E-state index in [1.54, 1.807) is 0 Å². The van der Waals surface area contributed by atoms with Crippen LogP contribution in [0.15, 0.2) is 12.1 Å². The highest BCUT2D eigenvalue weighted by atomic mass is 35.5. The second-order valence-corrected chi connectivity index (χ2v) is 5.15. The van der Waals surface area contributed by atoms with E-state index in [0.717, 1.165) is 19.6 Å². The van der Waals surface area contributed by atoms with Crippen molar-refractivity contribution in [3.63, 3.8) is 0 Å². The maximum Gasteiger partial charge on any atom is 0.409 e. The Morgan fingerprint density at radius 1 is 1.30 bits per heavy atom. The van der Waals surface area contributed by atoms with Crippen LogP contribution in [0, 0.1) is 0 Å². The van der Waals surface area contributed by atoms with Crippen molar-refractivity contribution in [3.05, 3.63) is 22.7 Å². The standard InChI is InChI=1S/C15H22ClN3O4/c1-4-19(5-2)7-6-17-14(20)10-8-11(16)12(18-15(21)22)9-13(10)23-3/h8-9,18H,4-7H2,1-3H3,(H,17,20)(H,21,22). The third-order valence-electron chi connectivity index (χ3n) is 3.38. The fraction of sp³-hybridized carbons (Fsp3) is 0.467. The lowest BCUT2D eigenvalue weighted by atomic mass is 10.1. The van der Waals surface area contributed by atoms with Crippen molar-refractivity contribution in [1.29, 1.82) is 0 Å². The van der Waals surface area contributed by atoms with Crippen molar-refractivity contribution in [2.45, 2.75) is 13.8 Å². The number of carbonyl (C=O) groups excluding carboxylic acids is 1. The Balaban J connectivity index is 2.83. The molecule has 0 unspecified atom stereocenters. The fourth-order valence-electron chi connectivity index (χ4n) is 2.07. The van der Waals surface area contributed by atoms with Gasteiger partial charge in [-0.15, -0.1) is 0 Å². The first kappa shape index (κ1) is 19.1. The number of nitrogens with zero attached hydrogens (tertiary/aromatic N) is 1. The molecule has 0 aliphatic carbocycles. The molecule has 0 radical (unpaired) electrons. The van der Waals surface area contributed by atoms with Crippen LogP contribution in [0.5, 0.6) is 5.75 Å². The van der Waals surface area contributed by atoms with E-state index in [4.69, 9.17) is 21.4 Å². The van der Waals surface area contributed by atoms with Gasteiger partial charge in [-0.3, -0.25) is 10.1 Å². The number of methoxy groups -OCH3 is 1. The second-order valence-electron chi connectivity index (χ2n) is 4.75. The van der Waals surface area contributed by atoms with Crippen molar-refractivity contribution >= 4 is 29.3 Å². The van der Waals surface area contributed by atoms with Gasteiger partial charge in [-0.2, -0.15) is 0 Å². The first-order chi connectivity index (χ1) is 10.9. The lowest BCUT2D eigenvalue weighted by Crippen LogP contribution is -2.34. The fourth-order valence-corrected chi connectivity index (χ4v) is 2.28. The van der Waals surface area contributed by atoms with E-state index in [-0.39, 0.29) is 27.9 Å². The maximum atomic E-state index is 12.3. The number of ether oxygens (including phenoxy) is 1. The van der Waals surface area contributed by atoms with E-state index in [1.165, 1.54) is 19.2 Å². The molecule has 0 aliphatic heterocycles. The number of amides is 2. The topological polar surface area (TPSA) is 90.9 Å². The van der Waals surface area contributed by atoms with Crippen LogP contribution in [-0.2, 0) is 0 Å². The lowest BCUT2D eigenvalue weighted by Gasteiger charge is -2.18. The summed E-state index contributed by atoms with van der Waals surface area (Å²) in [5.74, 6) is -0.0729. The summed E-state index contributed by atoms with van der Waals surface area (Å²) < 4.78 is 5.15. The average molecular weight is 344 g/mol. The molecule has 2 amide bonds. The number of rotatable bonds is 8. The molecule has 1 aromatic rings. The maximum absolute atomic E-state index is 12.3. The molecular weight excluding hydrogens is 322 g/mol. The van der Waals surface area contributed by atoms with Crippen LogP contribution in [0.3, 0.4) is 0 Å². The van der Waals surface area contributed by atoms with Crippen molar-refractivity contribution in [1.82, 2.24) is 10.2 Å². The summed E-state index contributed by atoms with van der Waals surface area (Å²) in [5, 5.41) is 13.8. The molecule has 0 aromatic heterocycles. The predicted octanol–water partition coefficient (Wildman–Crippen LogP) is 2.51. The van der Waals surface area contributed by atoms with Gasteiger partial charge in [0.1, 0.15) is 5.75 Å². The van der Waals surface area contributed by atoms with E-state index in [2.05, 4.69) is 29.4 Å². The highest BCUT2D eigenvalue weighted by Crippen LogP contribution is 2.30. The summed E-state index contributed by atoms with van der Waals surface area (Å²) >= 11 is 6.01. The number of anilines is 1. The average Bonchev–Trinajstić information content (AvgIpc) is 2.52. The van der Waals surface area contributed by atoms with E-state index >= 15 is 0 Å². The van der Waals surface area contributed by atoms with Crippen LogP contribution >= 0.6 is 11.6 Å². The molecule has 8 heteroatoms. The SMILES string of the molecule is CCN(CC)CCNC(=O)c1cc(Cl)c(NC(=O)O)cc1OC. The van der Waals surface area contributed by atoms with E-state index in [9.17, 15) is 9.59 Å². The van der Waals surface area contributed by atoms with Crippen LogP contribution in [-0.4, -0.2) is 55.3 Å². The third kappa shape index (κ3) is 5.61. The van der Waals surface area contributed by atoms with Crippen molar-refractivity contribution in [3.8, 4) is 5.75 Å². The Morgan fingerprint density at radius 2 is 1.96 bits per heavy atom. The molecule has 0 bridgehead atoms. The van der Waals surface area contributed by atoms with Gasteiger partial charge < -0.3 is 20.1 Å². The van der Waals surface area contributed by atoms with Crippen molar-refractivity contribution < 1.29 is 19.4 Å². The van der Waals surface area contributed by atoms with Gasteiger partial charge in [0.2, 0.25) is 0 Å². The zero-order valence-corrected chi connectivity index (χ0v) is 14.2. The number of hydrogen-bond donors (Lipinski definition) is 3. The lowest BCUT2D eigenvalue weighted by molar-refractivity contribution is 0.0946. The monoisotopic (exact) mass is 343 g/mol. The Hall–Kier alpha value is -1.99. The molecule has 0 saturated carbocycles. The van der Waals surface area contributed by atoms with Gasteiger partial charge in [0.25, 0.3) is 5.91 Å². The smallest absolute Gasteiger partial charge is 0.409 e. The molecule has 3 N–H and O–H groups in total. The van der Waals surface area contributed by atoms with Crippen LogP contribution in [0.25, 0.3) is 0 Å². The van der Waals surface area contributed by atoms with Crippen LogP contribution in [0.2, 0.25) is 5.02 Å². The van der Waals surface area contributed by atoms with Crippen LogP contribution in [0.1, 0.15) is 24.2 Å². The quantitative estimate of drug-likeness (QED) is 0.674. The number of carbonyl (C=O) groups is 2. The van der Waals surface area contributed by atoms with Crippen molar-refractivity contribution in [2.24, 2.45) is 0 Å². The first-order valence-electron chi connectivity index (χ1n) is 7.30. The minimum Gasteiger partial charge on any atom is -0.496 e. The predicted molar refractivity (Wildman–Crippen MR) is 89.8 cm³/mol. The Labute approximate surface area is 140 Å². The number of nitrogens with one attached hydrogen (secondary N) is 2. The summed E-state index contributed by atoms with van der Waals surface area (Å²) in [6.07, 6.45) is -1.25. The zero-order valence-electron chi connectivity index (χ0n) is 13.5. The van der Waals surface area contributed by atoms with Crippen LogP contribution < -0.4 is 15.4 Å². The van der Waals surface area contributed by atoms with E-state index in [0.29, 0.717) is 6.54 Å². The minimum atomic E-state index is -1.25. The second kappa shape index (κ2) is 9.22. The molecular formula is C15H22ClN3O4. The van der Waals surface area contributed by atoms with Gasteiger partial charge in [0, 0.05) is 19.2 Å². The summed E-state index contributed by atoms with van der Waals surface area (Å²) in [6.45, 7) is 7.18.